The Hall–Kier alpha value is -2.42. The van der Waals surface area contributed by atoms with Gasteiger partial charge in [-0.1, -0.05) is 49.4 Å². The predicted octanol–water partition coefficient (Wildman–Crippen LogP) is 6.12. The van der Waals surface area contributed by atoms with Gasteiger partial charge < -0.3 is 4.74 Å². The second-order valence-corrected chi connectivity index (χ2v) is 5.92. The Bertz CT molecular complexity index is 779. The summed E-state index contributed by atoms with van der Waals surface area (Å²) in [6, 6.07) is 14.8. The Labute approximate surface area is 141 Å². The third-order valence-electron chi connectivity index (χ3n) is 4.05. The summed E-state index contributed by atoms with van der Waals surface area (Å²) >= 11 is 0. The fourth-order valence-corrected chi connectivity index (χ4v) is 2.93. The summed E-state index contributed by atoms with van der Waals surface area (Å²) in [4.78, 5) is 0. The molecule has 0 saturated heterocycles. The smallest absolute Gasteiger partial charge is 0.161 e. The van der Waals surface area contributed by atoms with E-state index in [4.69, 9.17) is 4.74 Å². The molecule has 0 saturated carbocycles. The number of benzene rings is 2. The second kappa shape index (κ2) is 7.00. The first-order valence-electron chi connectivity index (χ1n) is 8.19. The van der Waals surface area contributed by atoms with Crippen molar-refractivity contribution in [2.24, 2.45) is 0 Å². The predicted molar refractivity (Wildman–Crippen MR) is 93.4 cm³/mol. The Kier molecular flexibility index (Phi) is 4.79. The van der Waals surface area contributed by atoms with Crippen LogP contribution in [0.1, 0.15) is 25.3 Å². The summed E-state index contributed by atoms with van der Waals surface area (Å²) in [5, 5.41) is 0. The highest BCUT2D eigenvalue weighted by Gasteiger charge is 2.33. The third kappa shape index (κ3) is 3.40. The summed E-state index contributed by atoms with van der Waals surface area (Å²) in [5.74, 6) is 0.209. The van der Waals surface area contributed by atoms with Gasteiger partial charge in [0, 0.05) is 12.0 Å². The average Bonchev–Trinajstić information content (AvgIpc) is 2.60. The molecule has 3 rings (SSSR count). The van der Waals surface area contributed by atoms with Gasteiger partial charge in [0.25, 0.3) is 0 Å². The molecule has 124 valence electrons. The van der Waals surface area contributed by atoms with Crippen LogP contribution >= 0.6 is 0 Å². The van der Waals surface area contributed by atoms with Crippen LogP contribution in [0, 0.1) is 0 Å². The van der Waals surface area contributed by atoms with Crippen LogP contribution in [0.4, 0.5) is 8.78 Å². The van der Waals surface area contributed by atoms with Crippen molar-refractivity contribution in [3.05, 3.63) is 78.1 Å². The van der Waals surface area contributed by atoms with Crippen LogP contribution < -0.4 is 4.74 Å². The highest BCUT2D eigenvalue weighted by atomic mass is 19.1. The Morgan fingerprint density at radius 1 is 1.12 bits per heavy atom. The maximum absolute atomic E-state index is 15.4. The van der Waals surface area contributed by atoms with E-state index in [1.54, 1.807) is 12.1 Å². The van der Waals surface area contributed by atoms with Crippen LogP contribution in [-0.4, -0.2) is 6.61 Å². The monoisotopic (exact) mass is 326 g/mol. The Morgan fingerprint density at radius 2 is 1.96 bits per heavy atom. The van der Waals surface area contributed by atoms with Crippen molar-refractivity contribution in [1.82, 2.24) is 0 Å². The SMILES string of the molecule is CCCOc1cccc(-c2ccccc2C2(F)C=C(F)C=CC2)c1. The topological polar surface area (TPSA) is 9.23 Å². The molecular weight excluding hydrogens is 306 g/mol. The first-order valence-corrected chi connectivity index (χ1v) is 8.19. The molecular formula is C21H20F2O. The molecule has 2 aromatic carbocycles. The van der Waals surface area contributed by atoms with Gasteiger partial charge in [0.15, 0.2) is 5.67 Å². The summed E-state index contributed by atoms with van der Waals surface area (Å²) in [5.41, 5.74) is 0.244. The quantitative estimate of drug-likeness (QED) is 0.643. The van der Waals surface area contributed by atoms with Gasteiger partial charge in [-0.2, -0.15) is 0 Å². The minimum Gasteiger partial charge on any atom is -0.494 e. The van der Waals surface area contributed by atoms with Crippen molar-refractivity contribution in [2.45, 2.75) is 25.4 Å². The van der Waals surface area contributed by atoms with Crippen molar-refractivity contribution in [3.8, 4) is 16.9 Å². The van der Waals surface area contributed by atoms with E-state index in [2.05, 4.69) is 0 Å². The molecule has 0 fully saturated rings. The van der Waals surface area contributed by atoms with E-state index in [1.165, 1.54) is 12.2 Å². The van der Waals surface area contributed by atoms with Crippen LogP contribution in [0.2, 0.25) is 0 Å². The fourth-order valence-electron chi connectivity index (χ4n) is 2.93. The molecule has 1 aliphatic carbocycles. The lowest BCUT2D eigenvalue weighted by Gasteiger charge is -2.26. The van der Waals surface area contributed by atoms with Gasteiger partial charge in [0.2, 0.25) is 0 Å². The van der Waals surface area contributed by atoms with Gasteiger partial charge in [-0.25, -0.2) is 8.78 Å². The van der Waals surface area contributed by atoms with E-state index in [0.717, 1.165) is 29.4 Å². The molecule has 0 aromatic heterocycles. The molecule has 0 radical (unpaired) electrons. The molecule has 2 aromatic rings. The Morgan fingerprint density at radius 3 is 2.75 bits per heavy atom. The van der Waals surface area contributed by atoms with Crippen LogP contribution in [0.25, 0.3) is 11.1 Å². The molecule has 0 heterocycles. The number of hydrogen-bond donors (Lipinski definition) is 0. The lowest BCUT2D eigenvalue weighted by atomic mass is 9.84. The maximum atomic E-state index is 15.4. The van der Waals surface area contributed by atoms with Crippen LogP contribution in [0.15, 0.2) is 72.6 Å². The van der Waals surface area contributed by atoms with Crippen molar-refractivity contribution >= 4 is 0 Å². The van der Waals surface area contributed by atoms with E-state index in [0.29, 0.717) is 12.2 Å². The van der Waals surface area contributed by atoms with Gasteiger partial charge >= 0.3 is 0 Å². The Balaban J connectivity index is 2.03. The minimum absolute atomic E-state index is 0.128. The number of allylic oxidation sites excluding steroid dienone is 4. The van der Waals surface area contributed by atoms with Crippen LogP contribution in [-0.2, 0) is 5.67 Å². The number of alkyl halides is 1. The van der Waals surface area contributed by atoms with Gasteiger partial charge in [-0.05, 0) is 41.8 Å². The highest BCUT2D eigenvalue weighted by Crippen LogP contribution is 2.41. The zero-order valence-electron chi connectivity index (χ0n) is 13.6. The second-order valence-electron chi connectivity index (χ2n) is 5.92. The minimum atomic E-state index is -1.84. The van der Waals surface area contributed by atoms with E-state index >= 15 is 4.39 Å². The largest absolute Gasteiger partial charge is 0.494 e. The molecule has 1 unspecified atom stereocenters. The third-order valence-corrected chi connectivity index (χ3v) is 4.05. The van der Waals surface area contributed by atoms with Gasteiger partial charge in [-0.15, -0.1) is 0 Å². The molecule has 0 N–H and O–H groups in total. The summed E-state index contributed by atoms with van der Waals surface area (Å²) < 4.78 is 34.7. The van der Waals surface area contributed by atoms with Crippen molar-refractivity contribution in [2.75, 3.05) is 6.61 Å². The van der Waals surface area contributed by atoms with E-state index in [1.807, 2.05) is 43.3 Å². The molecule has 0 spiro atoms. The first-order chi connectivity index (χ1) is 11.6. The summed E-state index contributed by atoms with van der Waals surface area (Å²) in [6.45, 7) is 2.68. The number of hydrogen-bond acceptors (Lipinski definition) is 1. The number of halogens is 2. The maximum Gasteiger partial charge on any atom is 0.161 e. The zero-order valence-corrected chi connectivity index (χ0v) is 13.6. The van der Waals surface area contributed by atoms with Crippen molar-refractivity contribution in [3.63, 3.8) is 0 Å². The van der Waals surface area contributed by atoms with Crippen molar-refractivity contribution < 1.29 is 13.5 Å². The van der Waals surface area contributed by atoms with E-state index in [-0.39, 0.29) is 6.42 Å². The van der Waals surface area contributed by atoms with Gasteiger partial charge in [-0.3, -0.25) is 0 Å². The molecule has 1 aliphatic rings. The molecule has 1 atom stereocenters. The van der Waals surface area contributed by atoms with Crippen LogP contribution in [0.5, 0.6) is 5.75 Å². The normalized spacial score (nSPS) is 19.9. The van der Waals surface area contributed by atoms with Gasteiger partial charge in [0.1, 0.15) is 11.6 Å². The molecule has 1 nitrogen and oxygen atoms in total. The molecule has 0 amide bonds. The lowest BCUT2D eigenvalue weighted by Crippen LogP contribution is -2.19. The number of ether oxygens (including phenoxy) is 1. The first kappa shape index (κ1) is 16.4. The average molecular weight is 326 g/mol. The summed E-state index contributed by atoms with van der Waals surface area (Å²) in [6.07, 6.45) is 4.95. The zero-order chi connectivity index (χ0) is 17.0. The molecule has 24 heavy (non-hydrogen) atoms. The van der Waals surface area contributed by atoms with Crippen molar-refractivity contribution in [1.29, 1.82) is 0 Å². The van der Waals surface area contributed by atoms with E-state index < -0.39 is 11.5 Å². The lowest BCUT2D eigenvalue weighted by molar-refractivity contribution is 0.231. The van der Waals surface area contributed by atoms with E-state index in [9.17, 15) is 4.39 Å². The summed E-state index contributed by atoms with van der Waals surface area (Å²) in [7, 11) is 0. The fraction of sp³-hybridized carbons (Fsp3) is 0.238. The van der Waals surface area contributed by atoms with Crippen LogP contribution in [0.3, 0.4) is 0 Å². The van der Waals surface area contributed by atoms with Gasteiger partial charge in [0.05, 0.1) is 6.61 Å². The molecule has 0 aliphatic heterocycles. The highest BCUT2D eigenvalue weighted by molar-refractivity contribution is 5.70. The standard InChI is InChI=1S/C21H20F2O/c1-2-13-24-18-9-5-7-16(14-18)19-10-3-4-11-20(19)21(23)12-6-8-17(22)15-21/h3-11,14-15H,2,12-13H2,1H3. The molecule has 3 heteroatoms. The number of rotatable bonds is 5. The molecule has 0 bridgehead atoms.